The second kappa shape index (κ2) is 10.1. The molecule has 1 heterocycles. The molecule has 8 heteroatoms. The van der Waals surface area contributed by atoms with Crippen LogP contribution in [0, 0.1) is 0 Å². The first-order chi connectivity index (χ1) is 14.9. The molecule has 1 aliphatic rings. The molecular formula is C23H35N3O4S. The van der Waals surface area contributed by atoms with Gasteiger partial charge in [-0.15, -0.1) is 0 Å². The van der Waals surface area contributed by atoms with Gasteiger partial charge in [0.15, 0.2) is 5.13 Å². The Morgan fingerprint density at radius 1 is 0.903 bits per heavy atom. The molecular weight excluding hydrogens is 414 g/mol. The average molecular weight is 450 g/mol. The number of hydrogen-bond donors (Lipinski definition) is 2. The molecule has 0 spiro atoms. The molecule has 0 amide bonds. The first kappa shape index (κ1) is 23.6. The molecule has 2 unspecified atom stereocenters. The zero-order valence-corrected chi connectivity index (χ0v) is 20.1. The maximum absolute atomic E-state index is 10.8. The highest BCUT2D eigenvalue weighted by molar-refractivity contribution is 7.16. The van der Waals surface area contributed by atoms with E-state index in [0.29, 0.717) is 0 Å². The van der Waals surface area contributed by atoms with E-state index in [1.165, 1.54) is 11.3 Å². The number of phenolic OH excluding ortho intramolecular Hbond substituents is 1. The number of anilines is 2. The number of hydrogen-bond acceptors (Lipinski definition) is 8. The minimum absolute atomic E-state index is 0.0422. The molecule has 0 radical (unpaired) electrons. The Morgan fingerprint density at radius 2 is 1.48 bits per heavy atom. The normalized spacial score (nSPS) is 22.9. The fraction of sp³-hybridized carbons (Fsp3) is 0.609. The Balaban J connectivity index is 1.92. The van der Waals surface area contributed by atoms with Gasteiger partial charge < -0.3 is 29.5 Å². The fourth-order valence-electron chi connectivity index (χ4n) is 4.67. The summed E-state index contributed by atoms with van der Waals surface area (Å²) in [6.07, 6.45) is -0.461. The van der Waals surface area contributed by atoms with E-state index in [9.17, 15) is 10.2 Å². The highest BCUT2D eigenvalue weighted by Crippen LogP contribution is 2.56. The van der Waals surface area contributed by atoms with Gasteiger partial charge >= 0.3 is 0 Å². The molecule has 0 saturated heterocycles. The summed E-state index contributed by atoms with van der Waals surface area (Å²) < 4.78 is 11.7. The van der Waals surface area contributed by atoms with Gasteiger partial charge in [0.2, 0.25) is 5.88 Å². The van der Waals surface area contributed by atoms with Crippen LogP contribution in [0.5, 0.6) is 11.6 Å². The molecule has 3 rings (SSSR count). The molecule has 2 N–H and O–H groups in total. The summed E-state index contributed by atoms with van der Waals surface area (Å²) in [5, 5.41) is 22.2. The Hall–Kier alpha value is -2.03. The number of aromatic nitrogens is 1. The first-order valence-electron chi connectivity index (χ1n) is 11.0. The lowest BCUT2D eigenvalue weighted by atomic mass is 9.64. The number of ether oxygens (including phenoxy) is 2. The van der Waals surface area contributed by atoms with E-state index in [1.807, 2.05) is 18.2 Å². The van der Waals surface area contributed by atoms with Gasteiger partial charge in [-0.1, -0.05) is 17.4 Å². The predicted molar refractivity (Wildman–Crippen MR) is 126 cm³/mol. The second-order valence-corrected chi connectivity index (χ2v) is 8.73. The van der Waals surface area contributed by atoms with Gasteiger partial charge in [-0.05, 0) is 33.8 Å². The lowest BCUT2D eigenvalue weighted by Crippen LogP contribution is -2.53. The molecule has 31 heavy (non-hydrogen) atoms. The van der Waals surface area contributed by atoms with Crippen molar-refractivity contribution in [3.05, 3.63) is 28.6 Å². The average Bonchev–Trinajstić information content (AvgIpc) is 3.12. The number of nitrogens with zero attached hydrogens (tertiary/aromatic N) is 3. The van der Waals surface area contributed by atoms with Crippen LogP contribution < -0.4 is 9.80 Å². The molecule has 7 nitrogen and oxygen atoms in total. The smallest absolute Gasteiger partial charge is 0.227 e. The molecule has 2 atom stereocenters. The van der Waals surface area contributed by atoms with E-state index in [4.69, 9.17) is 9.47 Å². The minimum atomic E-state index is -0.231. The molecule has 2 aromatic rings. The SMILES string of the molecule is CCN(CC)c1ccc(C2C(OC)C(c3sc(N(CC)CC)nc3O)C2OC)c(O)c1. The van der Waals surface area contributed by atoms with Crippen molar-refractivity contribution in [3.63, 3.8) is 0 Å². The van der Waals surface area contributed by atoms with E-state index in [-0.39, 0.29) is 35.7 Å². The summed E-state index contributed by atoms with van der Waals surface area (Å²) in [7, 11) is 3.34. The van der Waals surface area contributed by atoms with Crippen LogP contribution in [0.1, 0.15) is 50.0 Å². The summed E-state index contributed by atoms with van der Waals surface area (Å²) in [4.78, 5) is 9.48. The summed E-state index contributed by atoms with van der Waals surface area (Å²) >= 11 is 1.49. The van der Waals surface area contributed by atoms with Crippen LogP contribution in [0.25, 0.3) is 0 Å². The van der Waals surface area contributed by atoms with Crippen molar-refractivity contribution in [2.45, 2.75) is 51.7 Å². The molecule has 1 aromatic carbocycles. The molecule has 1 aromatic heterocycles. The van der Waals surface area contributed by atoms with Crippen LogP contribution >= 0.6 is 11.3 Å². The van der Waals surface area contributed by atoms with Crippen molar-refractivity contribution in [1.29, 1.82) is 0 Å². The standard InChI is InChI=1S/C23H35N3O4S/c1-7-25(8-2)14-11-12-15(16(27)13-14)17-19(29-5)18(20(17)30-6)21-22(28)24-23(31-21)26(9-3)10-4/h11-13,17-20,27-28H,7-10H2,1-6H3. The van der Waals surface area contributed by atoms with Crippen LogP contribution in [0.2, 0.25) is 0 Å². The summed E-state index contributed by atoms with van der Waals surface area (Å²) in [6.45, 7) is 11.7. The van der Waals surface area contributed by atoms with Gasteiger partial charge in [0.1, 0.15) is 5.75 Å². The first-order valence-corrected chi connectivity index (χ1v) is 11.8. The largest absolute Gasteiger partial charge is 0.508 e. The third kappa shape index (κ3) is 4.21. The van der Waals surface area contributed by atoms with Crippen molar-refractivity contribution in [2.75, 3.05) is 50.2 Å². The van der Waals surface area contributed by atoms with Gasteiger partial charge in [0, 0.05) is 63.6 Å². The van der Waals surface area contributed by atoms with Gasteiger partial charge in [-0.2, -0.15) is 4.98 Å². The van der Waals surface area contributed by atoms with Crippen molar-refractivity contribution in [2.24, 2.45) is 0 Å². The second-order valence-electron chi connectivity index (χ2n) is 7.72. The van der Waals surface area contributed by atoms with Crippen LogP contribution in [-0.4, -0.2) is 67.8 Å². The lowest BCUT2D eigenvalue weighted by molar-refractivity contribution is -0.115. The molecule has 1 saturated carbocycles. The number of rotatable bonds is 10. The maximum Gasteiger partial charge on any atom is 0.227 e. The Labute approximate surface area is 189 Å². The molecule has 0 bridgehead atoms. The van der Waals surface area contributed by atoms with Gasteiger partial charge in [0.05, 0.1) is 23.0 Å². The Morgan fingerprint density at radius 3 is 1.97 bits per heavy atom. The Bertz CT molecular complexity index is 855. The number of thiazole rings is 1. The minimum Gasteiger partial charge on any atom is -0.508 e. The topological polar surface area (TPSA) is 78.3 Å². The molecule has 1 fully saturated rings. The van der Waals surface area contributed by atoms with E-state index in [2.05, 4.69) is 42.5 Å². The maximum atomic E-state index is 10.8. The summed E-state index contributed by atoms with van der Waals surface area (Å²) in [5.41, 5.74) is 1.80. The van der Waals surface area contributed by atoms with Crippen LogP contribution in [0.15, 0.2) is 18.2 Å². The van der Waals surface area contributed by atoms with E-state index >= 15 is 0 Å². The number of benzene rings is 1. The van der Waals surface area contributed by atoms with Gasteiger partial charge in [-0.25, -0.2) is 0 Å². The third-order valence-electron chi connectivity index (χ3n) is 6.42. The Kier molecular flexibility index (Phi) is 7.67. The van der Waals surface area contributed by atoms with Gasteiger partial charge in [-0.3, -0.25) is 0 Å². The molecule has 1 aliphatic carbocycles. The van der Waals surface area contributed by atoms with Crippen LogP contribution in [-0.2, 0) is 9.47 Å². The highest BCUT2D eigenvalue weighted by atomic mass is 32.1. The number of aromatic hydroxyl groups is 2. The fourth-order valence-corrected chi connectivity index (χ4v) is 5.93. The van der Waals surface area contributed by atoms with Crippen molar-refractivity contribution < 1.29 is 19.7 Å². The van der Waals surface area contributed by atoms with Crippen molar-refractivity contribution >= 4 is 22.2 Å². The van der Waals surface area contributed by atoms with Gasteiger partial charge in [0.25, 0.3) is 0 Å². The number of methoxy groups -OCH3 is 2. The lowest BCUT2D eigenvalue weighted by Gasteiger charge is -2.50. The zero-order valence-electron chi connectivity index (χ0n) is 19.3. The van der Waals surface area contributed by atoms with Crippen molar-refractivity contribution in [3.8, 4) is 11.6 Å². The summed E-state index contributed by atoms with van der Waals surface area (Å²) in [6, 6.07) is 5.82. The van der Waals surface area contributed by atoms with Crippen LogP contribution in [0.4, 0.5) is 10.8 Å². The third-order valence-corrected chi connectivity index (χ3v) is 7.63. The zero-order chi connectivity index (χ0) is 22.7. The highest BCUT2D eigenvalue weighted by Gasteiger charge is 2.55. The summed E-state index contributed by atoms with van der Waals surface area (Å²) in [5.74, 6) is 0.00249. The predicted octanol–water partition coefficient (Wildman–Crippen LogP) is 4.16. The van der Waals surface area contributed by atoms with Crippen LogP contribution in [0.3, 0.4) is 0 Å². The quantitative estimate of drug-likeness (QED) is 0.564. The monoisotopic (exact) mass is 449 g/mol. The van der Waals surface area contributed by atoms with E-state index in [1.54, 1.807) is 14.2 Å². The number of phenols is 1. The van der Waals surface area contributed by atoms with E-state index < -0.39 is 0 Å². The molecule has 0 aliphatic heterocycles. The molecule has 172 valence electrons. The van der Waals surface area contributed by atoms with Crippen molar-refractivity contribution in [1.82, 2.24) is 4.98 Å². The van der Waals surface area contributed by atoms with E-state index in [0.717, 1.165) is 47.4 Å².